The highest BCUT2D eigenvalue weighted by atomic mass is 16.1. The van der Waals surface area contributed by atoms with Gasteiger partial charge in [0.05, 0.1) is 6.54 Å². The molecule has 0 unspecified atom stereocenters. The van der Waals surface area contributed by atoms with Crippen LogP contribution in [0.15, 0.2) is 16.1 Å². The highest BCUT2D eigenvalue weighted by molar-refractivity contribution is 6.13. The van der Waals surface area contributed by atoms with Crippen molar-refractivity contribution in [2.75, 3.05) is 6.54 Å². The number of allylic oxidation sites excluding steroid dienone is 1. The predicted molar refractivity (Wildman–Crippen MR) is 62.3 cm³/mol. The Morgan fingerprint density at radius 3 is 2.53 bits per heavy atom. The minimum Gasteiger partial charge on any atom is -0.294 e. The average molecular weight is 205 g/mol. The van der Waals surface area contributed by atoms with Crippen molar-refractivity contribution in [1.29, 1.82) is 0 Å². The first-order chi connectivity index (χ1) is 7.00. The molecule has 1 heterocycles. The number of rotatable bonds is 1. The Bertz CT molecular complexity index is 355. The number of ketones is 1. The summed E-state index contributed by atoms with van der Waals surface area (Å²) in [5.74, 6) is 0.290. The standard InChI is InChI=1S/C13H19NO/c1-13(2,3)12(15)10-8-14-11-7-5-4-6-9(10)11/h4-8H2,1-3H3. The Morgan fingerprint density at radius 2 is 1.87 bits per heavy atom. The second kappa shape index (κ2) is 3.58. The third-order valence-electron chi connectivity index (χ3n) is 3.19. The Hall–Kier alpha value is -0.920. The summed E-state index contributed by atoms with van der Waals surface area (Å²) in [4.78, 5) is 16.7. The minimum atomic E-state index is -0.259. The van der Waals surface area contributed by atoms with Crippen molar-refractivity contribution in [3.63, 3.8) is 0 Å². The third-order valence-corrected chi connectivity index (χ3v) is 3.19. The summed E-state index contributed by atoms with van der Waals surface area (Å²) in [5, 5.41) is 0. The molecule has 0 amide bonds. The second-order valence-electron chi connectivity index (χ2n) is 5.51. The lowest BCUT2D eigenvalue weighted by atomic mass is 9.82. The van der Waals surface area contributed by atoms with Crippen molar-refractivity contribution in [3.05, 3.63) is 11.1 Å². The fraction of sp³-hybridized carbons (Fsp3) is 0.692. The predicted octanol–water partition coefficient (Wildman–Crippen LogP) is 2.93. The molecule has 0 atom stereocenters. The molecule has 15 heavy (non-hydrogen) atoms. The van der Waals surface area contributed by atoms with Crippen LogP contribution in [0.3, 0.4) is 0 Å². The van der Waals surface area contributed by atoms with Gasteiger partial charge >= 0.3 is 0 Å². The zero-order valence-corrected chi connectivity index (χ0v) is 9.89. The maximum absolute atomic E-state index is 12.2. The topological polar surface area (TPSA) is 29.4 Å². The van der Waals surface area contributed by atoms with E-state index < -0.39 is 0 Å². The number of carbonyl (C=O) groups excluding carboxylic acids is 1. The average Bonchev–Trinajstić information content (AvgIpc) is 2.58. The molecular formula is C13H19NO. The van der Waals surface area contributed by atoms with Crippen molar-refractivity contribution in [2.24, 2.45) is 10.4 Å². The van der Waals surface area contributed by atoms with Crippen molar-refractivity contribution in [3.8, 4) is 0 Å². The quantitative estimate of drug-likeness (QED) is 0.647. The van der Waals surface area contributed by atoms with Gasteiger partial charge in [-0.05, 0) is 31.3 Å². The summed E-state index contributed by atoms with van der Waals surface area (Å²) < 4.78 is 0. The fourth-order valence-corrected chi connectivity index (χ4v) is 2.32. The van der Waals surface area contributed by atoms with E-state index in [-0.39, 0.29) is 11.2 Å². The Labute approximate surface area is 91.5 Å². The summed E-state index contributed by atoms with van der Waals surface area (Å²) in [6, 6.07) is 0. The van der Waals surface area contributed by atoms with Gasteiger partial charge in [0, 0.05) is 16.7 Å². The molecular weight excluding hydrogens is 186 g/mol. The van der Waals surface area contributed by atoms with Gasteiger partial charge in [-0.3, -0.25) is 9.79 Å². The highest BCUT2D eigenvalue weighted by Gasteiger charge is 2.31. The molecule has 2 heteroatoms. The van der Waals surface area contributed by atoms with E-state index in [1.807, 2.05) is 20.8 Å². The minimum absolute atomic E-state index is 0.259. The van der Waals surface area contributed by atoms with Crippen LogP contribution in [0.5, 0.6) is 0 Å². The highest BCUT2D eigenvalue weighted by Crippen LogP contribution is 2.32. The number of nitrogens with zero attached hydrogens (tertiary/aromatic N) is 1. The first kappa shape index (κ1) is 10.6. The van der Waals surface area contributed by atoms with Crippen LogP contribution in [0.1, 0.15) is 46.5 Å². The van der Waals surface area contributed by atoms with Gasteiger partial charge in [-0.1, -0.05) is 20.8 Å². The van der Waals surface area contributed by atoms with Crippen LogP contribution < -0.4 is 0 Å². The van der Waals surface area contributed by atoms with Gasteiger partial charge in [0.2, 0.25) is 0 Å². The molecule has 0 aromatic carbocycles. The van der Waals surface area contributed by atoms with Gasteiger partial charge in [-0.15, -0.1) is 0 Å². The normalized spacial score (nSPS) is 21.4. The van der Waals surface area contributed by atoms with E-state index in [0.717, 1.165) is 18.4 Å². The van der Waals surface area contributed by atoms with E-state index in [9.17, 15) is 4.79 Å². The van der Waals surface area contributed by atoms with Crippen LogP contribution in [0.2, 0.25) is 0 Å². The molecule has 0 aromatic heterocycles. The van der Waals surface area contributed by atoms with Crippen molar-refractivity contribution in [1.82, 2.24) is 0 Å². The van der Waals surface area contributed by atoms with E-state index in [1.54, 1.807) is 0 Å². The number of aliphatic imine (C=N–C) groups is 1. The van der Waals surface area contributed by atoms with Crippen LogP contribution in [-0.2, 0) is 4.79 Å². The largest absolute Gasteiger partial charge is 0.294 e. The molecule has 0 spiro atoms. The lowest BCUT2D eigenvalue weighted by Crippen LogP contribution is -2.24. The Balaban J connectivity index is 2.28. The summed E-state index contributed by atoms with van der Waals surface area (Å²) in [6.45, 7) is 6.61. The van der Waals surface area contributed by atoms with Crippen molar-refractivity contribution < 1.29 is 4.79 Å². The lowest BCUT2D eigenvalue weighted by molar-refractivity contribution is -0.122. The molecule has 1 aliphatic carbocycles. The molecule has 1 saturated carbocycles. The first-order valence-corrected chi connectivity index (χ1v) is 5.80. The molecule has 0 bridgehead atoms. The van der Waals surface area contributed by atoms with Crippen LogP contribution in [0.4, 0.5) is 0 Å². The number of hydrogen-bond donors (Lipinski definition) is 0. The Morgan fingerprint density at radius 1 is 1.20 bits per heavy atom. The third kappa shape index (κ3) is 1.90. The van der Waals surface area contributed by atoms with Crippen LogP contribution >= 0.6 is 0 Å². The monoisotopic (exact) mass is 205 g/mol. The summed E-state index contributed by atoms with van der Waals surface area (Å²) in [5.41, 5.74) is 3.23. The maximum atomic E-state index is 12.2. The van der Waals surface area contributed by atoms with Crippen molar-refractivity contribution in [2.45, 2.75) is 46.5 Å². The molecule has 1 aliphatic heterocycles. The summed E-state index contributed by atoms with van der Waals surface area (Å²) >= 11 is 0. The SMILES string of the molecule is CC(C)(C)C(=O)C1=C2CCCCC2=NC1. The Kier molecular flexibility index (Phi) is 2.53. The molecule has 0 N–H and O–H groups in total. The lowest BCUT2D eigenvalue weighted by Gasteiger charge is -2.20. The van der Waals surface area contributed by atoms with Crippen LogP contribution in [-0.4, -0.2) is 18.0 Å². The van der Waals surface area contributed by atoms with Crippen molar-refractivity contribution >= 4 is 11.5 Å². The van der Waals surface area contributed by atoms with Gasteiger partial charge < -0.3 is 0 Å². The summed E-state index contributed by atoms with van der Waals surface area (Å²) in [6.07, 6.45) is 4.60. The number of Topliss-reactive ketones (excluding diaryl/α,β-unsaturated/α-hetero) is 1. The molecule has 2 aliphatic rings. The molecule has 2 rings (SSSR count). The molecule has 82 valence electrons. The van der Waals surface area contributed by atoms with Gasteiger partial charge in [-0.25, -0.2) is 0 Å². The van der Waals surface area contributed by atoms with E-state index in [2.05, 4.69) is 4.99 Å². The van der Waals surface area contributed by atoms with Gasteiger partial charge in [0.25, 0.3) is 0 Å². The van der Waals surface area contributed by atoms with E-state index in [4.69, 9.17) is 0 Å². The molecule has 2 nitrogen and oxygen atoms in total. The van der Waals surface area contributed by atoms with E-state index in [1.165, 1.54) is 24.1 Å². The first-order valence-electron chi connectivity index (χ1n) is 5.80. The number of fused-ring (bicyclic) bond motifs is 1. The molecule has 0 saturated heterocycles. The van der Waals surface area contributed by atoms with Gasteiger partial charge in [0.1, 0.15) is 0 Å². The molecule has 0 aromatic rings. The molecule has 1 fully saturated rings. The maximum Gasteiger partial charge on any atom is 0.166 e. The number of carbonyl (C=O) groups is 1. The number of hydrogen-bond acceptors (Lipinski definition) is 2. The zero-order chi connectivity index (χ0) is 11.1. The zero-order valence-electron chi connectivity index (χ0n) is 9.89. The smallest absolute Gasteiger partial charge is 0.166 e. The summed E-state index contributed by atoms with van der Waals surface area (Å²) in [7, 11) is 0. The van der Waals surface area contributed by atoms with Crippen LogP contribution in [0.25, 0.3) is 0 Å². The molecule has 0 radical (unpaired) electrons. The van der Waals surface area contributed by atoms with E-state index in [0.29, 0.717) is 6.54 Å². The van der Waals surface area contributed by atoms with Gasteiger partial charge in [0.15, 0.2) is 5.78 Å². The second-order valence-corrected chi connectivity index (χ2v) is 5.51. The van der Waals surface area contributed by atoms with Crippen LogP contribution in [0, 0.1) is 5.41 Å². The van der Waals surface area contributed by atoms with E-state index >= 15 is 0 Å². The fourth-order valence-electron chi connectivity index (χ4n) is 2.32. The van der Waals surface area contributed by atoms with Gasteiger partial charge in [-0.2, -0.15) is 0 Å².